The molecule has 0 radical (unpaired) electrons. The van der Waals surface area contributed by atoms with Crippen molar-refractivity contribution in [2.24, 2.45) is 5.41 Å². The molecule has 1 aliphatic carbocycles. The van der Waals surface area contributed by atoms with E-state index in [1.54, 1.807) is 24.3 Å². The fourth-order valence-electron chi connectivity index (χ4n) is 4.26. The van der Waals surface area contributed by atoms with Gasteiger partial charge in [0.2, 0.25) is 0 Å². The maximum atomic E-state index is 13.4. The van der Waals surface area contributed by atoms with Gasteiger partial charge in [0.05, 0.1) is 18.1 Å². The Morgan fingerprint density at radius 1 is 0.967 bits per heavy atom. The number of nitriles is 2. The number of benzene rings is 2. The largest absolute Gasteiger partial charge is 0.507 e. The summed E-state index contributed by atoms with van der Waals surface area (Å²) in [5, 5.41) is 33.6. The van der Waals surface area contributed by atoms with Gasteiger partial charge in [-0.3, -0.25) is 4.79 Å². The normalized spacial score (nSPS) is 22.0. The van der Waals surface area contributed by atoms with Crippen LogP contribution in [0.25, 0.3) is 5.76 Å². The number of carbonyl (C=O) groups is 1. The van der Waals surface area contributed by atoms with E-state index in [2.05, 4.69) is 12.1 Å². The lowest BCUT2D eigenvalue weighted by molar-refractivity contribution is -0.118. The van der Waals surface area contributed by atoms with E-state index in [9.17, 15) is 20.4 Å². The Kier molecular flexibility index (Phi) is 5.23. The van der Waals surface area contributed by atoms with Gasteiger partial charge in [-0.15, -0.1) is 11.3 Å². The van der Waals surface area contributed by atoms with Crippen LogP contribution in [0, 0.1) is 28.1 Å². The Balaban J connectivity index is 2.00. The highest BCUT2D eigenvalue weighted by Gasteiger charge is 2.56. The Hall–Kier alpha value is -3.67. The molecule has 0 spiro atoms. The van der Waals surface area contributed by atoms with Crippen LogP contribution in [0.4, 0.5) is 0 Å². The minimum absolute atomic E-state index is 0.0146. The Labute approximate surface area is 179 Å². The third-order valence-electron chi connectivity index (χ3n) is 5.69. The van der Waals surface area contributed by atoms with Crippen LogP contribution in [0.5, 0.6) is 0 Å². The zero-order valence-electron chi connectivity index (χ0n) is 16.0. The molecular formula is C25H18N2O2S. The lowest BCUT2D eigenvalue weighted by atomic mass is 9.56. The number of ketones is 1. The molecule has 5 heteroatoms. The maximum Gasteiger partial charge on any atom is 0.164 e. The van der Waals surface area contributed by atoms with Gasteiger partial charge in [0.1, 0.15) is 5.76 Å². The molecule has 0 aliphatic heterocycles. The van der Waals surface area contributed by atoms with Gasteiger partial charge in [-0.25, -0.2) is 0 Å². The van der Waals surface area contributed by atoms with E-state index in [1.165, 1.54) is 11.3 Å². The molecule has 30 heavy (non-hydrogen) atoms. The van der Waals surface area contributed by atoms with Crippen LogP contribution < -0.4 is 0 Å². The van der Waals surface area contributed by atoms with Crippen LogP contribution >= 0.6 is 11.3 Å². The van der Waals surface area contributed by atoms with Crippen LogP contribution in [-0.4, -0.2) is 10.9 Å². The van der Waals surface area contributed by atoms with Crippen LogP contribution in [0.1, 0.15) is 34.3 Å². The summed E-state index contributed by atoms with van der Waals surface area (Å²) in [6, 6.07) is 26.2. The standard InChI is InChI=1S/C25H18N2O2S/c26-15-25(16-27)19(17-8-3-1-4-9-17)14-20(28)22(23(25)21-12-7-13-30-21)24(29)18-10-5-2-6-11-18/h1-13,19,23,29H,14H2/b24-22-/t19-,23+/m0/s1. The van der Waals surface area contributed by atoms with Crippen molar-refractivity contribution in [3.8, 4) is 12.1 Å². The number of hydrogen-bond donors (Lipinski definition) is 1. The van der Waals surface area contributed by atoms with Crippen molar-refractivity contribution in [3.05, 3.63) is 99.8 Å². The van der Waals surface area contributed by atoms with Crippen LogP contribution in [0.3, 0.4) is 0 Å². The first-order chi connectivity index (χ1) is 14.6. The molecule has 1 saturated carbocycles. The van der Waals surface area contributed by atoms with E-state index in [1.807, 2.05) is 53.9 Å². The van der Waals surface area contributed by atoms with Gasteiger partial charge in [-0.2, -0.15) is 10.5 Å². The third-order valence-corrected chi connectivity index (χ3v) is 6.62. The summed E-state index contributed by atoms with van der Waals surface area (Å²) in [7, 11) is 0. The molecule has 0 unspecified atom stereocenters. The van der Waals surface area contributed by atoms with Gasteiger partial charge >= 0.3 is 0 Å². The molecule has 0 amide bonds. The van der Waals surface area contributed by atoms with E-state index >= 15 is 0 Å². The predicted octanol–water partition coefficient (Wildman–Crippen LogP) is 5.59. The second kappa shape index (κ2) is 7.99. The van der Waals surface area contributed by atoms with Crippen LogP contribution in [0.2, 0.25) is 0 Å². The summed E-state index contributed by atoms with van der Waals surface area (Å²) in [4.78, 5) is 14.1. The van der Waals surface area contributed by atoms with Gasteiger partial charge in [0.15, 0.2) is 11.2 Å². The summed E-state index contributed by atoms with van der Waals surface area (Å²) < 4.78 is 0. The average molecular weight is 410 g/mol. The number of Topliss-reactive ketones (excluding diaryl/α,β-unsaturated/α-hetero) is 1. The lowest BCUT2D eigenvalue weighted by Crippen LogP contribution is -2.41. The number of nitrogens with zero attached hydrogens (tertiary/aromatic N) is 2. The monoisotopic (exact) mass is 410 g/mol. The molecule has 1 heterocycles. The quantitative estimate of drug-likeness (QED) is 0.450. The van der Waals surface area contributed by atoms with Gasteiger partial charge in [0.25, 0.3) is 0 Å². The van der Waals surface area contributed by atoms with Crippen molar-refractivity contribution in [2.45, 2.75) is 18.3 Å². The molecule has 1 fully saturated rings. The third kappa shape index (κ3) is 3.10. The zero-order chi connectivity index (χ0) is 21.1. The molecule has 146 valence electrons. The number of aliphatic hydroxyl groups is 1. The fraction of sp³-hybridized carbons (Fsp3) is 0.160. The number of thiophene rings is 1. The molecule has 4 rings (SSSR count). The van der Waals surface area contributed by atoms with Gasteiger partial charge in [-0.1, -0.05) is 66.7 Å². The van der Waals surface area contributed by atoms with E-state index in [0.717, 1.165) is 5.56 Å². The summed E-state index contributed by atoms with van der Waals surface area (Å²) >= 11 is 1.38. The maximum absolute atomic E-state index is 13.4. The van der Waals surface area contributed by atoms with Gasteiger partial charge in [-0.05, 0) is 17.0 Å². The second-order valence-corrected chi connectivity index (χ2v) is 8.24. The Morgan fingerprint density at radius 2 is 1.60 bits per heavy atom. The van der Waals surface area contributed by atoms with E-state index in [0.29, 0.717) is 10.4 Å². The Bertz CT molecular complexity index is 1160. The molecule has 2 aromatic carbocycles. The lowest BCUT2D eigenvalue weighted by Gasteiger charge is -2.41. The zero-order valence-corrected chi connectivity index (χ0v) is 16.8. The SMILES string of the molecule is N#CC1(C#N)[C@H](c2ccccc2)CC(=O)/C(=C(/O)c2ccccc2)[C@H]1c1cccs1. The van der Waals surface area contributed by atoms with Crippen molar-refractivity contribution >= 4 is 22.9 Å². The molecular weight excluding hydrogens is 392 g/mol. The summed E-state index contributed by atoms with van der Waals surface area (Å²) in [6.07, 6.45) is -0.0146. The highest BCUT2D eigenvalue weighted by atomic mass is 32.1. The van der Waals surface area contributed by atoms with E-state index in [4.69, 9.17) is 0 Å². The fourth-order valence-corrected chi connectivity index (χ4v) is 5.18. The van der Waals surface area contributed by atoms with Crippen LogP contribution in [-0.2, 0) is 4.79 Å². The Morgan fingerprint density at radius 3 is 2.17 bits per heavy atom. The van der Waals surface area contributed by atoms with Crippen molar-refractivity contribution in [3.63, 3.8) is 0 Å². The highest BCUT2D eigenvalue weighted by Crippen LogP contribution is 2.57. The average Bonchev–Trinajstić information content (AvgIpc) is 3.33. The first kappa shape index (κ1) is 19.6. The number of carbonyl (C=O) groups excluding carboxylic acids is 1. The highest BCUT2D eigenvalue weighted by molar-refractivity contribution is 7.10. The minimum Gasteiger partial charge on any atom is -0.507 e. The van der Waals surface area contributed by atoms with Crippen molar-refractivity contribution in [1.82, 2.24) is 0 Å². The van der Waals surface area contributed by atoms with Gasteiger partial charge < -0.3 is 5.11 Å². The molecule has 2 atom stereocenters. The predicted molar refractivity (Wildman–Crippen MR) is 116 cm³/mol. The van der Waals surface area contributed by atoms with E-state index < -0.39 is 17.3 Å². The minimum atomic E-state index is -1.53. The van der Waals surface area contributed by atoms with Crippen molar-refractivity contribution in [1.29, 1.82) is 10.5 Å². The second-order valence-electron chi connectivity index (χ2n) is 7.26. The summed E-state index contributed by atoms with van der Waals surface area (Å²) in [5.41, 5.74) is -0.129. The molecule has 4 nitrogen and oxygen atoms in total. The summed E-state index contributed by atoms with van der Waals surface area (Å²) in [6.45, 7) is 0. The number of rotatable bonds is 3. The molecule has 3 aromatic rings. The van der Waals surface area contributed by atoms with Crippen molar-refractivity contribution in [2.75, 3.05) is 0 Å². The first-order valence-electron chi connectivity index (χ1n) is 9.55. The first-order valence-corrected chi connectivity index (χ1v) is 10.4. The van der Waals surface area contributed by atoms with E-state index in [-0.39, 0.29) is 23.5 Å². The number of aliphatic hydroxyl groups excluding tert-OH is 1. The molecule has 1 aliphatic rings. The van der Waals surface area contributed by atoms with Crippen molar-refractivity contribution < 1.29 is 9.90 Å². The van der Waals surface area contributed by atoms with Gasteiger partial charge in [0, 0.05) is 28.4 Å². The molecule has 1 N–H and O–H groups in total. The number of hydrogen-bond acceptors (Lipinski definition) is 5. The summed E-state index contributed by atoms with van der Waals surface area (Å²) in [5.74, 6) is -1.86. The smallest absolute Gasteiger partial charge is 0.164 e. The van der Waals surface area contributed by atoms with Crippen LogP contribution in [0.15, 0.2) is 83.7 Å². The molecule has 0 saturated heterocycles. The number of allylic oxidation sites excluding steroid dienone is 1. The molecule has 0 bridgehead atoms. The topological polar surface area (TPSA) is 84.9 Å². The molecule has 1 aromatic heterocycles.